The minimum Gasteiger partial charge on any atom is -0.618 e. The third kappa shape index (κ3) is 2.78. The lowest BCUT2D eigenvalue weighted by Gasteiger charge is -2.04. The molecule has 0 heterocycles. The Morgan fingerprint density at radius 2 is 1.47 bits per heavy atom. The smallest absolute Gasteiger partial charge is 0.235 e. The quantitative estimate of drug-likeness (QED) is 0.345. The predicted octanol–water partition coefficient (Wildman–Crippen LogP) is 4.25. The molecule has 2 aromatic carbocycles. The molecule has 0 aromatic heterocycles. The molecule has 0 atom stereocenters. The molecule has 0 aliphatic rings. The number of hydrogen-bond donors (Lipinski definition) is 0. The van der Waals surface area contributed by atoms with Crippen LogP contribution in [0.4, 0.5) is 5.69 Å². The van der Waals surface area contributed by atoms with E-state index in [1.54, 1.807) is 36.4 Å². The van der Waals surface area contributed by atoms with E-state index in [0.29, 0.717) is 26.0 Å². The molecular weight excluding hydrogens is 257 g/mol. The summed E-state index contributed by atoms with van der Waals surface area (Å²) in [6.07, 6.45) is 1.41. The van der Waals surface area contributed by atoms with Crippen LogP contribution in [0.2, 0.25) is 10.0 Å². The van der Waals surface area contributed by atoms with Gasteiger partial charge in [-0.2, -0.15) is 4.74 Å². The molecule has 86 valence electrons. The third-order valence-electron chi connectivity index (χ3n) is 2.25. The van der Waals surface area contributed by atoms with Gasteiger partial charge in [0, 0.05) is 6.07 Å². The van der Waals surface area contributed by atoms with Gasteiger partial charge in [0.05, 0.1) is 10.6 Å². The van der Waals surface area contributed by atoms with Crippen molar-refractivity contribution >= 4 is 35.1 Å². The lowest BCUT2D eigenvalue weighted by atomic mass is 10.2. The largest absolute Gasteiger partial charge is 0.618 e. The van der Waals surface area contributed by atoms with Crippen LogP contribution >= 0.6 is 23.2 Å². The SMILES string of the molecule is [O-][N+](=Cc1ccccc1Cl)c1ccccc1Cl. The molecule has 17 heavy (non-hydrogen) atoms. The highest BCUT2D eigenvalue weighted by atomic mass is 35.5. The Morgan fingerprint density at radius 1 is 0.882 bits per heavy atom. The van der Waals surface area contributed by atoms with Crippen molar-refractivity contribution in [1.82, 2.24) is 0 Å². The monoisotopic (exact) mass is 265 g/mol. The van der Waals surface area contributed by atoms with Gasteiger partial charge >= 0.3 is 0 Å². The molecule has 0 radical (unpaired) electrons. The van der Waals surface area contributed by atoms with E-state index in [-0.39, 0.29) is 0 Å². The lowest BCUT2D eigenvalue weighted by molar-refractivity contribution is -0.354. The van der Waals surface area contributed by atoms with Crippen LogP contribution in [0.25, 0.3) is 0 Å². The minimum absolute atomic E-state index is 0.397. The van der Waals surface area contributed by atoms with E-state index in [2.05, 4.69) is 0 Å². The molecule has 0 bridgehead atoms. The summed E-state index contributed by atoms with van der Waals surface area (Å²) >= 11 is 11.9. The van der Waals surface area contributed by atoms with Gasteiger partial charge in [0.15, 0.2) is 6.21 Å². The maximum absolute atomic E-state index is 11.9. The lowest BCUT2D eigenvalue weighted by Crippen LogP contribution is -1.99. The molecule has 4 heteroatoms. The van der Waals surface area contributed by atoms with E-state index in [4.69, 9.17) is 23.2 Å². The van der Waals surface area contributed by atoms with Gasteiger partial charge in [-0.05, 0) is 18.2 Å². The summed E-state index contributed by atoms with van der Waals surface area (Å²) in [7, 11) is 0. The zero-order valence-electron chi connectivity index (χ0n) is 8.81. The van der Waals surface area contributed by atoms with Gasteiger partial charge in [0.2, 0.25) is 5.69 Å². The molecule has 2 aromatic rings. The summed E-state index contributed by atoms with van der Waals surface area (Å²) in [6, 6.07) is 14.0. The summed E-state index contributed by atoms with van der Waals surface area (Å²) in [4.78, 5) is 0. The van der Waals surface area contributed by atoms with Crippen LogP contribution in [0.3, 0.4) is 0 Å². The molecule has 2 nitrogen and oxygen atoms in total. The number of benzene rings is 2. The van der Waals surface area contributed by atoms with E-state index in [1.807, 2.05) is 12.1 Å². The molecule has 0 saturated heterocycles. The number of rotatable bonds is 2. The topological polar surface area (TPSA) is 26.1 Å². The summed E-state index contributed by atoms with van der Waals surface area (Å²) in [5, 5.41) is 12.8. The first-order valence-corrected chi connectivity index (χ1v) is 5.74. The van der Waals surface area contributed by atoms with Crippen molar-refractivity contribution in [3.8, 4) is 0 Å². The number of nitrogens with zero attached hydrogens (tertiary/aromatic N) is 1. The van der Waals surface area contributed by atoms with Crippen LogP contribution in [0, 0.1) is 5.21 Å². The third-order valence-corrected chi connectivity index (χ3v) is 2.92. The second-order valence-electron chi connectivity index (χ2n) is 3.43. The van der Waals surface area contributed by atoms with E-state index >= 15 is 0 Å². The Bertz CT molecular complexity index is 567. The first-order chi connectivity index (χ1) is 8.18. The van der Waals surface area contributed by atoms with Gasteiger partial charge in [-0.25, -0.2) is 0 Å². The van der Waals surface area contributed by atoms with Crippen LogP contribution < -0.4 is 0 Å². The van der Waals surface area contributed by atoms with E-state index in [1.165, 1.54) is 6.21 Å². The molecule has 2 rings (SSSR count). The van der Waals surface area contributed by atoms with E-state index in [0.717, 1.165) is 0 Å². The maximum atomic E-state index is 11.9. The van der Waals surface area contributed by atoms with Gasteiger partial charge in [-0.3, -0.25) is 0 Å². The fourth-order valence-electron chi connectivity index (χ4n) is 1.41. The summed E-state index contributed by atoms with van der Waals surface area (Å²) in [5.41, 5.74) is 1.05. The highest BCUT2D eigenvalue weighted by molar-refractivity contribution is 6.33. The normalized spacial score (nSPS) is 11.5. The van der Waals surface area contributed by atoms with Crippen molar-refractivity contribution in [3.63, 3.8) is 0 Å². The molecule has 0 aliphatic carbocycles. The minimum atomic E-state index is 0.397. The van der Waals surface area contributed by atoms with E-state index in [9.17, 15) is 5.21 Å². The molecule has 0 saturated carbocycles. The molecule has 0 unspecified atom stereocenters. The summed E-state index contributed by atoms with van der Waals surface area (Å²) in [6.45, 7) is 0. The molecular formula is C13H9Cl2NO. The van der Waals surface area contributed by atoms with Crippen LogP contribution in [0.15, 0.2) is 48.5 Å². The average Bonchev–Trinajstić information content (AvgIpc) is 2.32. The number of hydrogen-bond acceptors (Lipinski definition) is 1. The summed E-state index contributed by atoms with van der Waals surface area (Å²) in [5.74, 6) is 0. The summed E-state index contributed by atoms with van der Waals surface area (Å²) < 4.78 is 0.712. The van der Waals surface area contributed by atoms with Crippen molar-refractivity contribution in [1.29, 1.82) is 0 Å². The Hall–Kier alpha value is -1.51. The van der Waals surface area contributed by atoms with Crippen molar-refractivity contribution in [2.24, 2.45) is 0 Å². The van der Waals surface area contributed by atoms with E-state index < -0.39 is 0 Å². The van der Waals surface area contributed by atoms with Crippen LogP contribution in [0.1, 0.15) is 5.56 Å². The van der Waals surface area contributed by atoms with Crippen molar-refractivity contribution in [2.75, 3.05) is 0 Å². The second-order valence-corrected chi connectivity index (χ2v) is 4.24. The highest BCUT2D eigenvalue weighted by Gasteiger charge is 2.07. The average molecular weight is 266 g/mol. The number of para-hydroxylation sites is 1. The van der Waals surface area contributed by atoms with Crippen LogP contribution in [-0.2, 0) is 0 Å². The second kappa shape index (κ2) is 5.21. The molecule has 0 N–H and O–H groups in total. The predicted molar refractivity (Wildman–Crippen MR) is 71.4 cm³/mol. The van der Waals surface area contributed by atoms with Crippen molar-refractivity contribution in [2.45, 2.75) is 0 Å². The Morgan fingerprint density at radius 3 is 2.12 bits per heavy atom. The van der Waals surface area contributed by atoms with Gasteiger partial charge in [0.25, 0.3) is 0 Å². The number of halogens is 2. The zero-order chi connectivity index (χ0) is 12.3. The van der Waals surface area contributed by atoms with Gasteiger partial charge in [0.1, 0.15) is 5.02 Å². The fraction of sp³-hybridized carbons (Fsp3) is 0. The van der Waals surface area contributed by atoms with Gasteiger partial charge in [-0.1, -0.05) is 47.5 Å². The first-order valence-electron chi connectivity index (χ1n) is 4.99. The molecule has 0 amide bonds. The van der Waals surface area contributed by atoms with Crippen LogP contribution in [-0.4, -0.2) is 11.0 Å². The molecule has 0 spiro atoms. The van der Waals surface area contributed by atoms with Gasteiger partial charge in [-0.15, -0.1) is 0 Å². The van der Waals surface area contributed by atoms with Crippen molar-refractivity contribution < 1.29 is 4.74 Å². The Balaban J connectivity index is 2.42. The highest BCUT2D eigenvalue weighted by Crippen LogP contribution is 2.23. The van der Waals surface area contributed by atoms with Crippen LogP contribution in [0.5, 0.6) is 0 Å². The Kier molecular flexibility index (Phi) is 3.67. The molecule has 0 fully saturated rings. The van der Waals surface area contributed by atoms with Crippen molar-refractivity contribution in [3.05, 3.63) is 69.3 Å². The Labute approximate surface area is 109 Å². The maximum Gasteiger partial charge on any atom is 0.235 e. The fourth-order valence-corrected chi connectivity index (χ4v) is 1.81. The zero-order valence-corrected chi connectivity index (χ0v) is 10.3. The molecule has 0 aliphatic heterocycles. The standard InChI is InChI=1S/C13H9Cl2NO/c14-11-6-2-1-5-10(11)9-16(17)13-8-4-3-7-12(13)15/h1-9H. The first kappa shape index (κ1) is 12.0. The van der Waals surface area contributed by atoms with Gasteiger partial charge < -0.3 is 5.21 Å².